The molecule has 0 spiro atoms. The van der Waals surface area contributed by atoms with Crippen LogP contribution in [0, 0.1) is 18.4 Å². The van der Waals surface area contributed by atoms with E-state index in [0.29, 0.717) is 11.4 Å². The van der Waals surface area contributed by atoms with Crippen LogP contribution in [0.3, 0.4) is 0 Å². The summed E-state index contributed by atoms with van der Waals surface area (Å²) in [4.78, 5) is 26.9. The Labute approximate surface area is 91.2 Å². The van der Waals surface area contributed by atoms with Crippen molar-refractivity contribution < 1.29 is 14.7 Å². The maximum atomic E-state index is 10.1. The lowest BCUT2D eigenvalue weighted by Gasteiger charge is -1.99. The summed E-state index contributed by atoms with van der Waals surface area (Å²) in [5, 5.41) is 13.8. The van der Waals surface area contributed by atoms with Crippen LogP contribution in [0.15, 0.2) is 28.2 Å². The molecule has 0 amide bonds. The monoisotopic (exact) mass is 217 g/mol. The molecule has 1 aromatic carbocycles. The minimum atomic E-state index is 0.332. The quantitative estimate of drug-likeness (QED) is 0.463. The molecule has 0 saturated heterocycles. The minimum absolute atomic E-state index is 0.332. The number of aliphatic imine (C=N–C) groups is 2. The first-order valence-corrected chi connectivity index (χ1v) is 3.99. The smallest absolute Gasteiger partial charge is 0.283 e. The number of aryl methyl sites for hydroxylation is 1. The molecule has 0 atom stereocenters. The summed E-state index contributed by atoms with van der Waals surface area (Å²) in [7, 11) is 0. The van der Waals surface area contributed by atoms with E-state index in [4.69, 9.17) is 10.4 Å². The molecule has 80 valence electrons. The highest BCUT2D eigenvalue weighted by molar-refractivity contribution is 5.71. The van der Waals surface area contributed by atoms with Crippen molar-refractivity contribution in [3.05, 3.63) is 23.8 Å². The minimum Gasteiger partial charge on any atom is -0.443 e. The Hall–Kier alpha value is -2.73. The normalized spacial score (nSPS) is 7.25. The molecule has 0 aliphatic heterocycles. The van der Waals surface area contributed by atoms with Gasteiger partial charge in [-0.05, 0) is 18.6 Å². The molecular weight excluding hydrogens is 210 g/mol. The van der Waals surface area contributed by atoms with Crippen LogP contribution in [0.2, 0.25) is 0 Å². The van der Waals surface area contributed by atoms with Gasteiger partial charge in [0.15, 0.2) is 0 Å². The molecule has 1 rings (SSSR count). The largest absolute Gasteiger partial charge is 0.443 e. The fourth-order valence-electron chi connectivity index (χ4n) is 0.974. The third-order valence-corrected chi connectivity index (χ3v) is 1.54. The molecule has 0 aliphatic rings. The topological polar surface area (TPSA) is 103 Å². The standard InChI is InChI=1S/C9H6N2O2.CHNO/c1-7-3-2-4-8(10-5-12)9(7)11-6-13;2-1-3/h2-4H,1H3;3H. The first-order valence-electron chi connectivity index (χ1n) is 3.99. The maximum absolute atomic E-state index is 10.1. The molecule has 0 bridgehead atoms. The summed E-state index contributed by atoms with van der Waals surface area (Å²) >= 11 is 0. The lowest BCUT2D eigenvalue weighted by atomic mass is 10.2. The van der Waals surface area contributed by atoms with Crippen molar-refractivity contribution in [2.24, 2.45) is 9.98 Å². The van der Waals surface area contributed by atoms with Crippen molar-refractivity contribution in [1.82, 2.24) is 0 Å². The number of carbonyl (C=O) groups excluding carboxylic acids is 2. The van der Waals surface area contributed by atoms with Gasteiger partial charge in [0.2, 0.25) is 12.2 Å². The number of aliphatic hydroxyl groups is 1. The summed E-state index contributed by atoms with van der Waals surface area (Å²) in [6.45, 7) is 1.76. The summed E-state index contributed by atoms with van der Waals surface area (Å²) in [6, 6.07) is 5.06. The average Bonchev–Trinajstić information content (AvgIpc) is 2.25. The van der Waals surface area contributed by atoms with Crippen LogP contribution < -0.4 is 0 Å². The summed E-state index contributed by atoms with van der Waals surface area (Å²) in [6.07, 6.45) is 3.55. The van der Waals surface area contributed by atoms with Crippen molar-refractivity contribution in [2.45, 2.75) is 6.92 Å². The van der Waals surface area contributed by atoms with Gasteiger partial charge in [-0.2, -0.15) is 15.2 Å². The van der Waals surface area contributed by atoms with Gasteiger partial charge in [0.05, 0.1) is 0 Å². The molecule has 1 aromatic rings. The fourth-order valence-corrected chi connectivity index (χ4v) is 0.974. The SMILES string of the molecule is Cc1cccc(N=C=O)c1N=C=O.N#CO. The first kappa shape index (κ1) is 13.3. The Morgan fingerprint density at radius 2 is 1.81 bits per heavy atom. The van der Waals surface area contributed by atoms with Crippen LogP contribution in [-0.4, -0.2) is 17.3 Å². The number of rotatable bonds is 2. The van der Waals surface area contributed by atoms with E-state index in [1.807, 2.05) is 0 Å². The average molecular weight is 217 g/mol. The second-order valence-electron chi connectivity index (χ2n) is 2.45. The molecule has 0 saturated carbocycles. The molecule has 0 aliphatic carbocycles. The second kappa shape index (κ2) is 7.65. The molecule has 16 heavy (non-hydrogen) atoms. The van der Waals surface area contributed by atoms with E-state index in [0.717, 1.165) is 11.8 Å². The van der Waals surface area contributed by atoms with Crippen LogP contribution in [0.25, 0.3) is 0 Å². The van der Waals surface area contributed by atoms with E-state index in [1.54, 1.807) is 25.1 Å². The van der Waals surface area contributed by atoms with Gasteiger partial charge < -0.3 is 5.11 Å². The summed E-state index contributed by atoms with van der Waals surface area (Å²) in [5.41, 5.74) is 1.46. The summed E-state index contributed by atoms with van der Waals surface area (Å²) < 4.78 is 0. The van der Waals surface area contributed by atoms with E-state index < -0.39 is 0 Å². The number of nitrogens with zero attached hydrogens (tertiary/aromatic N) is 3. The van der Waals surface area contributed by atoms with Crippen LogP contribution in [-0.2, 0) is 9.59 Å². The molecule has 0 unspecified atom stereocenters. The van der Waals surface area contributed by atoms with Gasteiger partial charge in [-0.3, -0.25) is 0 Å². The second-order valence-corrected chi connectivity index (χ2v) is 2.45. The Balaban J connectivity index is 0.000000673. The highest BCUT2D eigenvalue weighted by Crippen LogP contribution is 2.30. The number of hydrogen-bond donors (Lipinski definition) is 1. The van der Waals surface area contributed by atoms with E-state index in [2.05, 4.69) is 9.98 Å². The lowest BCUT2D eigenvalue weighted by Crippen LogP contribution is -1.74. The number of isocyanates is 2. The van der Waals surface area contributed by atoms with Crippen molar-refractivity contribution in [1.29, 1.82) is 5.26 Å². The highest BCUT2D eigenvalue weighted by atomic mass is 16.2. The number of nitriles is 1. The zero-order valence-corrected chi connectivity index (χ0v) is 8.34. The molecule has 0 aromatic heterocycles. The van der Waals surface area contributed by atoms with Crippen LogP contribution >= 0.6 is 0 Å². The zero-order chi connectivity index (χ0) is 12.4. The molecule has 6 nitrogen and oxygen atoms in total. The Kier molecular flexibility index (Phi) is 6.35. The van der Waals surface area contributed by atoms with Gasteiger partial charge in [-0.25, -0.2) is 9.59 Å². The highest BCUT2D eigenvalue weighted by Gasteiger charge is 2.02. The van der Waals surface area contributed by atoms with E-state index in [9.17, 15) is 9.59 Å². The van der Waals surface area contributed by atoms with E-state index >= 15 is 0 Å². The van der Waals surface area contributed by atoms with Crippen LogP contribution in [0.5, 0.6) is 0 Å². The van der Waals surface area contributed by atoms with Gasteiger partial charge in [0.25, 0.3) is 6.26 Å². The maximum Gasteiger partial charge on any atom is 0.283 e. The summed E-state index contributed by atoms with van der Waals surface area (Å²) in [5.74, 6) is 0. The zero-order valence-electron chi connectivity index (χ0n) is 8.34. The Morgan fingerprint density at radius 1 is 1.25 bits per heavy atom. The van der Waals surface area contributed by atoms with Gasteiger partial charge in [-0.1, -0.05) is 12.1 Å². The van der Waals surface area contributed by atoms with Gasteiger partial charge >= 0.3 is 0 Å². The first-order chi connectivity index (χ1) is 7.71. The van der Waals surface area contributed by atoms with Crippen LogP contribution in [0.1, 0.15) is 5.56 Å². The van der Waals surface area contributed by atoms with Gasteiger partial charge in [0.1, 0.15) is 11.4 Å². The molecule has 0 heterocycles. The van der Waals surface area contributed by atoms with Gasteiger partial charge in [0, 0.05) is 0 Å². The van der Waals surface area contributed by atoms with Crippen molar-refractivity contribution in [2.75, 3.05) is 0 Å². The Morgan fingerprint density at radius 3 is 2.31 bits per heavy atom. The van der Waals surface area contributed by atoms with Gasteiger partial charge in [-0.15, -0.1) is 0 Å². The fraction of sp³-hybridized carbons (Fsp3) is 0.100. The predicted octanol–water partition coefficient (Wildman–Crippen LogP) is 1.77. The molecule has 1 N–H and O–H groups in total. The van der Waals surface area contributed by atoms with Crippen molar-refractivity contribution >= 4 is 23.5 Å². The number of hydrogen-bond acceptors (Lipinski definition) is 6. The van der Waals surface area contributed by atoms with E-state index in [-0.39, 0.29) is 0 Å². The number of para-hydroxylation sites is 1. The molecule has 0 fully saturated rings. The third kappa shape index (κ3) is 3.99. The third-order valence-electron chi connectivity index (χ3n) is 1.54. The van der Waals surface area contributed by atoms with E-state index in [1.165, 1.54) is 12.2 Å². The molecular formula is C10H7N3O3. The van der Waals surface area contributed by atoms with Crippen molar-refractivity contribution in [3.63, 3.8) is 0 Å². The lowest BCUT2D eigenvalue weighted by molar-refractivity contribution is 0.503. The van der Waals surface area contributed by atoms with Crippen LogP contribution in [0.4, 0.5) is 11.4 Å². The molecule has 0 radical (unpaired) electrons. The number of aliphatic hydroxyl groups excluding tert-OH is 1. The Bertz CT molecular complexity index is 493. The predicted molar refractivity (Wildman–Crippen MR) is 54.3 cm³/mol. The van der Waals surface area contributed by atoms with Crippen molar-refractivity contribution in [3.8, 4) is 6.26 Å². The number of benzene rings is 1. The molecule has 6 heteroatoms.